The minimum Gasteiger partial charge on any atom is -0.375 e. The van der Waals surface area contributed by atoms with Gasteiger partial charge in [-0.3, -0.25) is 9.59 Å². The number of ether oxygens (including phenoxy) is 1. The van der Waals surface area contributed by atoms with Crippen molar-refractivity contribution < 1.29 is 14.3 Å². The van der Waals surface area contributed by atoms with E-state index in [9.17, 15) is 9.59 Å². The fourth-order valence-corrected chi connectivity index (χ4v) is 3.19. The van der Waals surface area contributed by atoms with Crippen molar-refractivity contribution in [2.24, 2.45) is 5.92 Å². The van der Waals surface area contributed by atoms with Gasteiger partial charge in [0.1, 0.15) is 0 Å². The average molecular weight is 311 g/mol. The molecule has 0 aromatic carbocycles. The van der Waals surface area contributed by atoms with Gasteiger partial charge in [-0.25, -0.2) is 0 Å². The van der Waals surface area contributed by atoms with Crippen LogP contribution in [0.1, 0.15) is 32.6 Å². The highest BCUT2D eigenvalue weighted by molar-refractivity contribution is 6.34. The molecule has 2 rings (SSSR count). The van der Waals surface area contributed by atoms with Crippen LogP contribution >= 0.6 is 0 Å². The van der Waals surface area contributed by atoms with Crippen LogP contribution in [0.2, 0.25) is 0 Å². The van der Waals surface area contributed by atoms with Crippen LogP contribution in [0.3, 0.4) is 0 Å². The van der Waals surface area contributed by atoms with Crippen LogP contribution in [-0.2, 0) is 14.3 Å². The smallest absolute Gasteiger partial charge is 0.312 e. The summed E-state index contributed by atoms with van der Waals surface area (Å²) in [6.45, 7) is 6.07. The van der Waals surface area contributed by atoms with E-state index in [4.69, 9.17) is 4.74 Å². The fourth-order valence-electron chi connectivity index (χ4n) is 3.19. The summed E-state index contributed by atoms with van der Waals surface area (Å²) < 4.78 is 5.56. The van der Waals surface area contributed by atoms with E-state index in [1.807, 2.05) is 14.0 Å². The Hall–Kier alpha value is -1.14. The number of morpholine rings is 1. The van der Waals surface area contributed by atoms with Gasteiger partial charge in [-0.15, -0.1) is 0 Å². The first-order valence-corrected chi connectivity index (χ1v) is 8.50. The van der Waals surface area contributed by atoms with E-state index in [1.54, 1.807) is 9.80 Å². The molecule has 2 saturated heterocycles. The van der Waals surface area contributed by atoms with Gasteiger partial charge < -0.3 is 19.9 Å². The molecule has 0 bridgehead atoms. The SMILES string of the molecule is CCC1CN(C(=O)C(=O)N2CCC(CCNC)CC2)CCO1. The second-order valence-electron chi connectivity index (χ2n) is 6.28. The Balaban J connectivity index is 1.80. The van der Waals surface area contributed by atoms with Crippen LogP contribution in [0, 0.1) is 5.92 Å². The Bertz CT molecular complexity index is 381. The molecule has 1 N–H and O–H groups in total. The molecule has 1 unspecified atom stereocenters. The van der Waals surface area contributed by atoms with Gasteiger partial charge in [-0.2, -0.15) is 0 Å². The molecule has 0 aromatic heterocycles. The van der Waals surface area contributed by atoms with Crippen molar-refractivity contribution in [1.82, 2.24) is 15.1 Å². The van der Waals surface area contributed by atoms with Gasteiger partial charge in [0, 0.05) is 26.2 Å². The largest absolute Gasteiger partial charge is 0.375 e. The lowest BCUT2D eigenvalue weighted by atomic mass is 9.93. The number of carbonyl (C=O) groups excluding carboxylic acids is 2. The average Bonchev–Trinajstić information content (AvgIpc) is 2.59. The molecule has 0 spiro atoms. The summed E-state index contributed by atoms with van der Waals surface area (Å²) in [7, 11) is 1.96. The predicted octanol–water partition coefficient (Wildman–Crippen LogP) is 0.472. The summed E-state index contributed by atoms with van der Waals surface area (Å²) in [5.74, 6) is -0.0151. The van der Waals surface area contributed by atoms with Crippen LogP contribution in [0.4, 0.5) is 0 Å². The number of nitrogens with one attached hydrogen (secondary N) is 1. The van der Waals surface area contributed by atoms with E-state index in [-0.39, 0.29) is 17.9 Å². The molecule has 126 valence electrons. The molecule has 22 heavy (non-hydrogen) atoms. The quantitative estimate of drug-likeness (QED) is 0.767. The lowest BCUT2D eigenvalue weighted by Crippen LogP contribution is -2.52. The van der Waals surface area contributed by atoms with Crippen molar-refractivity contribution in [1.29, 1.82) is 0 Å². The summed E-state index contributed by atoms with van der Waals surface area (Å²) in [6, 6.07) is 0. The molecule has 0 saturated carbocycles. The van der Waals surface area contributed by atoms with Crippen LogP contribution in [0.25, 0.3) is 0 Å². The minimum absolute atomic E-state index is 0.0674. The first-order chi connectivity index (χ1) is 10.7. The van der Waals surface area contributed by atoms with E-state index in [0.29, 0.717) is 38.7 Å². The number of piperidine rings is 1. The van der Waals surface area contributed by atoms with Crippen molar-refractivity contribution >= 4 is 11.8 Å². The third-order valence-corrected chi connectivity index (χ3v) is 4.77. The molecule has 0 aromatic rings. The van der Waals surface area contributed by atoms with Crippen molar-refractivity contribution in [2.45, 2.75) is 38.7 Å². The van der Waals surface area contributed by atoms with Gasteiger partial charge in [0.05, 0.1) is 12.7 Å². The zero-order chi connectivity index (χ0) is 15.9. The van der Waals surface area contributed by atoms with Crippen molar-refractivity contribution in [2.75, 3.05) is 46.4 Å². The third kappa shape index (κ3) is 4.43. The standard InChI is InChI=1S/C16H29N3O3/c1-3-14-12-19(10-11-22-14)16(21)15(20)18-8-5-13(6-9-18)4-7-17-2/h13-14,17H,3-12H2,1-2H3. The molecule has 6 heteroatoms. The Kier molecular flexibility index (Phi) is 6.64. The molecule has 1 atom stereocenters. The monoisotopic (exact) mass is 311 g/mol. The van der Waals surface area contributed by atoms with Crippen LogP contribution in [0.5, 0.6) is 0 Å². The van der Waals surface area contributed by atoms with Crippen LogP contribution < -0.4 is 5.32 Å². The van der Waals surface area contributed by atoms with Crippen LogP contribution in [-0.4, -0.2) is 74.1 Å². The molecule has 2 amide bonds. The highest BCUT2D eigenvalue weighted by Gasteiger charge is 2.32. The molecular formula is C16H29N3O3. The van der Waals surface area contributed by atoms with E-state index >= 15 is 0 Å². The second-order valence-corrected chi connectivity index (χ2v) is 6.28. The van der Waals surface area contributed by atoms with E-state index < -0.39 is 0 Å². The molecule has 0 radical (unpaired) electrons. The van der Waals surface area contributed by atoms with Gasteiger partial charge in [-0.1, -0.05) is 6.92 Å². The normalized spacial score (nSPS) is 23.6. The van der Waals surface area contributed by atoms with Gasteiger partial charge in [0.15, 0.2) is 0 Å². The maximum Gasteiger partial charge on any atom is 0.312 e. The summed E-state index contributed by atoms with van der Waals surface area (Å²) >= 11 is 0. The number of hydrogen-bond acceptors (Lipinski definition) is 4. The number of carbonyl (C=O) groups is 2. The highest BCUT2D eigenvalue weighted by atomic mass is 16.5. The zero-order valence-electron chi connectivity index (χ0n) is 13.8. The maximum absolute atomic E-state index is 12.4. The minimum atomic E-state index is -0.351. The number of likely N-dealkylation sites (tertiary alicyclic amines) is 1. The van der Waals surface area contributed by atoms with Gasteiger partial charge in [0.25, 0.3) is 0 Å². The number of nitrogens with zero attached hydrogens (tertiary/aromatic N) is 2. The van der Waals surface area contributed by atoms with Gasteiger partial charge in [-0.05, 0) is 45.2 Å². The Morgan fingerprint density at radius 3 is 2.45 bits per heavy atom. The summed E-state index contributed by atoms with van der Waals surface area (Å²) in [5, 5.41) is 3.17. The molecule has 2 aliphatic heterocycles. The van der Waals surface area contributed by atoms with Gasteiger partial charge in [0.2, 0.25) is 0 Å². The van der Waals surface area contributed by atoms with E-state index in [2.05, 4.69) is 5.32 Å². The summed E-state index contributed by atoms with van der Waals surface area (Å²) in [5.41, 5.74) is 0. The lowest BCUT2D eigenvalue weighted by Gasteiger charge is -2.35. The Morgan fingerprint density at radius 2 is 1.82 bits per heavy atom. The molecular weight excluding hydrogens is 282 g/mol. The second kappa shape index (κ2) is 8.48. The molecule has 0 aliphatic carbocycles. The van der Waals surface area contributed by atoms with E-state index in [0.717, 1.165) is 32.2 Å². The van der Waals surface area contributed by atoms with Gasteiger partial charge >= 0.3 is 11.8 Å². The van der Waals surface area contributed by atoms with Crippen molar-refractivity contribution in [3.05, 3.63) is 0 Å². The van der Waals surface area contributed by atoms with Crippen molar-refractivity contribution in [3.8, 4) is 0 Å². The maximum atomic E-state index is 12.4. The number of rotatable bonds is 4. The lowest BCUT2D eigenvalue weighted by molar-refractivity contribution is -0.156. The Morgan fingerprint density at radius 1 is 1.14 bits per heavy atom. The number of hydrogen-bond donors (Lipinski definition) is 1. The first-order valence-electron chi connectivity index (χ1n) is 8.50. The number of amides is 2. The molecule has 2 heterocycles. The topological polar surface area (TPSA) is 61.9 Å². The van der Waals surface area contributed by atoms with Crippen LogP contribution in [0.15, 0.2) is 0 Å². The molecule has 2 fully saturated rings. The fraction of sp³-hybridized carbons (Fsp3) is 0.875. The summed E-state index contributed by atoms with van der Waals surface area (Å²) in [6.07, 6.45) is 4.09. The molecule has 2 aliphatic rings. The first kappa shape index (κ1) is 17.2. The zero-order valence-corrected chi connectivity index (χ0v) is 13.8. The predicted molar refractivity (Wildman–Crippen MR) is 84.5 cm³/mol. The third-order valence-electron chi connectivity index (χ3n) is 4.77. The highest BCUT2D eigenvalue weighted by Crippen LogP contribution is 2.20. The van der Waals surface area contributed by atoms with Crippen molar-refractivity contribution in [3.63, 3.8) is 0 Å². The summed E-state index contributed by atoms with van der Waals surface area (Å²) in [4.78, 5) is 28.2. The molecule has 6 nitrogen and oxygen atoms in total. The van der Waals surface area contributed by atoms with E-state index in [1.165, 1.54) is 0 Å². The Labute approximate surface area is 133 Å².